The molecule has 0 aliphatic heterocycles. The van der Waals surface area contributed by atoms with E-state index in [4.69, 9.17) is 4.84 Å². The van der Waals surface area contributed by atoms with Crippen molar-refractivity contribution < 1.29 is 4.84 Å². The molecule has 0 aliphatic rings. The average molecular weight is 323 g/mol. The van der Waals surface area contributed by atoms with Crippen molar-refractivity contribution in [2.75, 3.05) is 0 Å². The Hall–Kier alpha value is -1.90. The van der Waals surface area contributed by atoms with Gasteiger partial charge in [-0.05, 0) is 23.5 Å². The van der Waals surface area contributed by atoms with Crippen LogP contribution in [-0.2, 0) is 4.84 Å². The Morgan fingerprint density at radius 1 is 0.958 bits per heavy atom. The van der Waals surface area contributed by atoms with Gasteiger partial charge >= 0.3 is 0 Å². The van der Waals surface area contributed by atoms with Crippen molar-refractivity contribution >= 4 is 6.08 Å². The lowest BCUT2D eigenvalue weighted by Crippen LogP contribution is -2.33. The van der Waals surface area contributed by atoms with Crippen LogP contribution in [0.15, 0.2) is 66.7 Å². The molecule has 24 heavy (non-hydrogen) atoms. The van der Waals surface area contributed by atoms with Gasteiger partial charge < -0.3 is 0 Å². The molecule has 0 aromatic heterocycles. The van der Waals surface area contributed by atoms with E-state index in [0.717, 1.165) is 12.8 Å². The second-order valence-electron chi connectivity index (χ2n) is 6.46. The van der Waals surface area contributed by atoms with Crippen molar-refractivity contribution in [2.45, 2.75) is 45.8 Å². The first kappa shape index (κ1) is 18.4. The molecule has 0 saturated carbocycles. The van der Waals surface area contributed by atoms with Gasteiger partial charge in [-0.3, -0.25) is 4.84 Å². The van der Waals surface area contributed by atoms with E-state index in [1.54, 1.807) is 0 Å². The van der Waals surface area contributed by atoms with Gasteiger partial charge in [-0.1, -0.05) is 100 Å². The second kappa shape index (κ2) is 10.1. The summed E-state index contributed by atoms with van der Waals surface area (Å²) >= 11 is 0. The van der Waals surface area contributed by atoms with Gasteiger partial charge in [-0.25, -0.2) is 0 Å². The van der Waals surface area contributed by atoms with Crippen molar-refractivity contribution in [3.8, 4) is 0 Å². The Bertz CT molecular complexity index is 592. The third kappa shape index (κ3) is 5.95. The third-order valence-corrected chi connectivity index (χ3v) is 4.08. The first-order valence-electron chi connectivity index (χ1n) is 8.90. The highest BCUT2D eigenvalue weighted by molar-refractivity contribution is 5.49. The van der Waals surface area contributed by atoms with E-state index in [1.807, 2.05) is 12.1 Å². The molecule has 0 aliphatic carbocycles. The summed E-state index contributed by atoms with van der Waals surface area (Å²) in [6.07, 6.45) is 6.52. The van der Waals surface area contributed by atoms with Crippen LogP contribution in [0.5, 0.6) is 0 Å². The fourth-order valence-electron chi connectivity index (χ4n) is 2.56. The van der Waals surface area contributed by atoms with Gasteiger partial charge in [0, 0.05) is 0 Å². The summed E-state index contributed by atoms with van der Waals surface area (Å²) in [5.74, 6) is 0.447. The van der Waals surface area contributed by atoms with E-state index >= 15 is 0 Å². The van der Waals surface area contributed by atoms with E-state index < -0.39 is 0 Å². The largest absolute Gasteiger partial charge is 0.293 e. The highest BCUT2D eigenvalue weighted by atomic mass is 16.7. The molecule has 0 unspecified atom stereocenters. The van der Waals surface area contributed by atoms with Gasteiger partial charge in [-0.2, -0.15) is 5.48 Å². The maximum Gasteiger partial charge on any atom is 0.104 e. The predicted molar refractivity (Wildman–Crippen MR) is 102 cm³/mol. The minimum absolute atomic E-state index is 0.0857. The molecule has 2 heteroatoms. The zero-order chi connectivity index (χ0) is 17.2. The molecule has 0 radical (unpaired) electrons. The van der Waals surface area contributed by atoms with Gasteiger partial charge in [0.15, 0.2) is 0 Å². The van der Waals surface area contributed by atoms with Crippen LogP contribution < -0.4 is 5.48 Å². The number of nitrogens with one attached hydrogen (secondary N) is 1. The molecular formula is C22H29NO. The molecule has 2 nitrogen and oxygen atoms in total. The molecule has 128 valence electrons. The smallest absolute Gasteiger partial charge is 0.104 e. The monoisotopic (exact) mass is 323 g/mol. The Morgan fingerprint density at radius 3 is 2.17 bits per heavy atom. The number of hydrogen-bond acceptors (Lipinski definition) is 2. The van der Waals surface area contributed by atoms with Gasteiger partial charge in [0.25, 0.3) is 0 Å². The molecule has 0 fully saturated rings. The molecule has 2 aromatic carbocycles. The summed E-state index contributed by atoms with van der Waals surface area (Å²) < 4.78 is 0. The predicted octanol–water partition coefficient (Wildman–Crippen LogP) is 5.79. The zero-order valence-corrected chi connectivity index (χ0v) is 15.0. The standard InChI is InChI=1S/C22H29NO/c1-4-11-22(20-14-9-6-10-15-20)24-23-21(18(2)3)17-16-19-12-7-5-8-13-19/h5-10,12-18,21-23H,4,11H2,1-3H3/b17-16+/t21-,22+/m0/s1. The molecule has 0 amide bonds. The molecule has 2 aromatic rings. The summed E-state index contributed by atoms with van der Waals surface area (Å²) in [4.78, 5) is 6.08. The SMILES string of the molecule is CCC[C@@H](ON[C@@H](/C=C/c1ccccc1)C(C)C)c1ccccc1. The molecule has 0 bridgehead atoms. The van der Waals surface area contributed by atoms with Crippen LogP contribution in [0.4, 0.5) is 0 Å². The van der Waals surface area contributed by atoms with Gasteiger partial charge in [0.05, 0.1) is 6.04 Å². The number of benzene rings is 2. The Morgan fingerprint density at radius 2 is 1.58 bits per heavy atom. The minimum atomic E-state index is 0.0857. The minimum Gasteiger partial charge on any atom is -0.293 e. The van der Waals surface area contributed by atoms with Crippen molar-refractivity contribution in [2.24, 2.45) is 5.92 Å². The fourth-order valence-corrected chi connectivity index (χ4v) is 2.56. The summed E-state index contributed by atoms with van der Waals surface area (Å²) in [6, 6.07) is 21.0. The summed E-state index contributed by atoms with van der Waals surface area (Å²) in [6.45, 7) is 6.59. The van der Waals surface area contributed by atoms with Crippen molar-refractivity contribution in [1.82, 2.24) is 5.48 Å². The highest BCUT2D eigenvalue weighted by Crippen LogP contribution is 2.22. The van der Waals surface area contributed by atoms with E-state index in [2.05, 4.69) is 86.9 Å². The molecule has 2 atom stereocenters. The van der Waals surface area contributed by atoms with Crippen LogP contribution in [0.2, 0.25) is 0 Å². The molecule has 0 heterocycles. The number of rotatable bonds is 9. The van der Waals surface area contributed by atoms with Crippen LogP contribution in [0, 0.1) is 5.92 Å². The van der Waals surface area contributed by atoms with Crippen molar-refractivity contribution in [3.05, 3.63) is 77.9 Å². The van der Waals surface area contributed by atoms with Crippen molar-refractivity contribution in [1.29, 1.82) is 0 Å². The normalized spacial score (nSPS) is 14.2. The first-order chi connectivity index (χ1) is 11.7. The van der Waals surface area contributed by atoms with Gasteiger partial charge in [0.1, 0.15) is 6.10 Å². The lowest BCUT2D eigenvalue weighted by atomic mass is 10.0. The van der Waals surface area contributed by atoms with Crippen LogP contribution in [0.1, 0.15) is 50.8 Å². The van der Waals surface area contributed by atoms with E-state index in [0.29, 0.717) is 5.92 Å². The molecule has 0 spiro atoms. The van der Waals surface area contributed by atoms with Gasteiger partial charge in [0.2, 0.25) is 0 Å². The zero-order valence-electron chi connectivity index (χ0n) is 15.0. The van der Waals surface area contributed by atoms with Crippen LogP contribution in [-0.4, -0.2) is 6.04 Å². The lowest BCUT2D eigenvalue weighted by molar-refractivity contribution is -0.0487. The van der Waals surface area contributed by atoms with Crippen LogP contribution in [0.25, 0.3) is 6.08 Å². The second-order valence-corrected chi connectivity index (χ2v) is 6.46. The quantitative estimate of drug-likeness (QED) is 0.590. The molecular weight excluding hydrogens is 294 g/mol. The Labute approximate surface area is 146 Å². The lowest BCUT2D eigenvalue weighted by Gasteiger charge is -2.24. The first-order valence-corrected chi connectivity index (χ1v) is 8.90. The summed E-state index contributed by atoms with van der Waals surface area (Å²) in [7, 11) is 0. The van der Waals surface area contributed by atoms with E-state index in [1.165, 1.54) is 11.1 Å². The van der Waals surface area contributed by atoms with E-state index in [-0.39, 0.29) is 12.1 Å². The topological polar surface area (TPSA) is 21.3 Å². The van der Waals surface area contributed by atoms with E-state index in [9.17, 15) is 0 Å². The molecule has 2 rings (SSSR count). The van der Waals surface area contributed by atoms with Gasteiger partial charge in [-0.15, -0.1) is 0 Å². The molecule has 1 N–H and O–H groups in total. The Kier molecular flexibility index (Phi) is 7.73. The number of hydroxylamine groups is 1. The summed E-state index contributed by atoms with van der Waals surface area (Å²) in [5, 5.41) is 0. The number of hydrogen-bond donors (Lipinski definition) is 1. The summed E-state index contributed by atoms with van der Waals surface area (Å²) in [5.41, 5.74) is 5.72. The maximum atomic E-state index is 6.08. The van der Waals surface area contributed by atoms with Crippen LogP contribution >= 0.6 is 0 Å². The fraction of sp³-hybridized carbons (Fsp3) is 0.364. The van der Waals surface area contributed by atoms with Crippen LogP contribution in [0.3, 0.4) is 0 Å². The third-order valence-electron chi connectivity index (χ3n) is 4.08. The Balaban J connectivity index is 2.00. The van der Waals surface area contributed by atoms with Crippen molar-refractivity contribution in [3.63, 3.8) is 0 Å². The highest BCUT2D eigenvalue weighted by Gasteiger charge is 2.15. The molecule has 0 saturated heterocycles. The average Bonchev–Trinajstić information content (AvgIpc) is 2.62. The maximum absolute atomic E-state index is 6.08.